The van der Waals surface area contributed by atoms with E-state index in [9.17, 15) is 9.59 Å². The van der Waals surface area contributed by atoms with Crippen LogP contribution < -0.4 is 15.4 Å². The third-order valence-corrected chi connectivity index (χ3v) is 5.08. The highest BCUT2D eigenvalue weighted by molar-refractivity contribution is 6.04. The minimum atomic E-state index is -0.228. The summed E-state index contributed by atoms with van der Waals surface area (Å²) in [7, 11) is 1.59. The zero-order chi connectivity index (χ0) is 23.0. The highest BCUT2D eigenvalue weighted by Crippen LogP contribution is 2.17. The topological polar surface area (TPSA) is 85.2 Å². The van der Waals surface area contributed by atoms with Gasteiger partial charge in [0.1, 0.15) is 5.75 Å². The summed E-state index contributed by atoms with van der Waals surface area (Å²) in [4.78, 5) is 24.8. The fraction of sp³-hybridized carbons (Fsp3) is 0.115. The molecule has 0 fully saturated rings. The molecule has 1 aromatic heterocycles. The molecule has 0 aliphatic heterocycles. The lowest BCUT2D eigenvalue weighted by molar-refractivity contribution is -0.116. The Bertz CT molecular complexity index is 1220. The molecule has 2 N–H and O–H groups in total. The summed E-state index contributed by atoms with van der Waals surface area (Å²) in [6, 6.07) is 23.7. The average molecular weight is 441 g/mol. The van der Waals surface area contributed by atoms with Crippen molar-refractivity contribution in [2.75, 3.05) is 17.7 Å². The highest BCUT2D eigenvalue weighted by Gasteiger charge is 2.09. The molecule has 0 aliphatic rings. The molecular formula is C26H24N4O3. The first kappa shape index (κ1) is 21.8. The van der Waals surface area contributed by atoms with E-state index in [0.717, 1.165) is 17.0 Å². The van der Waals surface area contributed by atoms with Gasteiger partial charge in [-0.3, -0.25) is 9.59 Å². The van der Waals surface area contributed by atoms with Crippen molar-refractivity contribution in [3.63, 3.8) is 0 Å². The summed E-state index contributed by atoms with van der Waals surface area (Å²) in [5, 5.41) is 10.1. The van der Waals surface area contributed by atoms with E-state index in [1.807, 2.05) is 36.5 Å². The number of amides is 2. The van der Waals surface area contributed by atoms with E-state index in [1.54, 1.807) is 66.5 Å². The number of carbonyl (C=O) groups is 2. The summed E-state index contributed by atoms with van der Waals surface area (Å²) >= 11 is 0. The Hall–Kier alpha value is -4.39. The molecule has 0 radical (unpaired) electrons. The van der Waals surface area contributed by atoms with Gasteiger partial charge in [0.25, 0.3) is 5.91 Å². The van der Waals surface area contributed by atoms with Crippen molar-refractivity contribution in [2.24, 2.45) is 0 Å². The van der Waals surface area contributed by atoms with Crippen LogP contribution in [0.1, 0.15) is 22.3 Å². The van der Waals surface area contributed by atoms with Gasteiger partial charge in [-0.05, 0) is 72.6 Å². The molecule has 7 nitrogen and oxygen atoms in total. The van der Waals surface area contributed by atoms with Gasteiger partial charge in [0.05, 0.1) is 19.0 Å². The Morgan fingerprint density at radius 1 is 0.879 bits per heavy atom. The van der Waals surface area contributed by atoms with Gasteiger partial charge >= 0.3 is 0 Å². The third-order valence-electron chi connectivity index (χ3n) is 5.08. The van der Waals surface area contributed by atoms with Crippen LogP contribution in [-0.4, -0.2) is 28.7 Å². The lowest BCUT2D eigenvalue weighted by Gasteiger charge is -2.08. The van der Waals surface area contributed by atoms with Crippen molar-refractivity contribution < 1.29 is 14.3 Å². The van der Waals surface area contributed by atoms with Gasteiger partial charge in [-0.2, -0.15) is 5.10 Å². The van der Waals surface area contributed by atoms with Crippen LogP contribution in [0.15, 0.2) is 91.3 Å². The Kier molecular flexibility index (Phi) is 6.80. The summed E-state index contributed by atoms with van der Waals surface area (Å²) in [5.74, 6) is 0.393. The fourth-order valence-electron chi connectivity index (χ4n) is 3.28. The Morgan fingerprint density at radius 3 is 2.24 bits per heavy atom. The molecule has 0 unspecified atom stereocenters. The first-order chi connectivity index (χ1) is 16.1. The summed E-state index contributed by atoms with van der Waals surface area (Å²) < 4.78 is 6.91. The minimum absolute atomic E-state index is 0.0992. The van der Waals surface area contributed by atoms with Crippen LogP contribution in [0, 0.1) is 0 Å². The number of aromatic nitrogens is 2. The zero-order valence-corrected chi connectivity index (χ0v) is 18.2. The van der Waals surface area contributed by atoms with E-state index in [2.05, 4.69) is 15.7 Å². The molecule has 3 aromatic carbocycles. The second-order valence-electron chi connectivity index (χ2n) is 7.44. The number of nitrogens with zero attached hydrogens (tertiary/aromatic N) is 2. The first-order valence-corrected chi connectivity index (χ1v) is 10.5. The second kappa shape index (κ2) is 10.3. The molecule has 0 saturated carbocycles. The number of para-hydroxylation sites is 1. The molecule has 0 saturated heterocycles. The molecule has 0 atom stereocenters. The number of nitrogens with one attached hydrogen (secondary N) is 2. The van der Waals surface area contributed by atoms with Gasteiger partial charge in [-0.15, -0.1) is 0 Å². The number of benzene rings is 3. The van der Waals surface area contributed by atoms with Gasteiger partial charge in [0.2, 0.25) is 5.91 Å². The van der Waals surface area contributed by atoms with Crippen molar-refractivity contribution in [3.05, 3.63) is 102 Å². The van der Waals surface area contributed by atoms with Gasteiger partial charge in [0, 0.05) is 29.6 Å². The number of hydrogen-bond donors (Lipinski definition) is 2. The van der Waals surface area contributed by atoms with Crippen molar-refractivity contribution >= 4 is 23.2 Å². The van der Waals surface area contributed by atoms with Gasteiger partial charge in [-0.1, -0.05) is 18.2 Å². The van der Waals surface area contributed by atoms with E-state index in [0.29, 0.717) is 29.8 Å². The normalized spacial score (nSPS) is 10.5. The van der Waals surface area contributed by atoms with E-state index < -0.39 is 0 Å². The maximum absolute atomic E-state index is 12.4. The quantitative estimate of drug-likeness (QED) is 0.416. The van der Waals surface area contributed by atoms with Crippen molar-refractivity contribution in [3.8, 4) is 11.4 Å². The molecule has 166 valence electrons. The standard InChI is InChI=1S/C26H24N4O3/c1-33-24-14-12-22(13-15-24)29-26(32)20-8-10-21(11-9-20)28-25(31)16-7-19-17-27-30(18-19)23-5-3-2-4-6-23/h2-6,8-15,17-18H,7,16H2,1H3,(H,28,31)(H,29,32). The number of anilines is 2. The maximum Gasteiger partial charge on any atom is 0.255 e. The monoisotopic (exact) mass is 440 g/mol. The highest BCUT2D eigenvalue weighted by atomic mass is 16.5. The molecular weight excluding hydrogens is 416 g/mol. The predicted molar refractivity (Wildman–Crippen MR) is 128 cm³/mol. The molecule has 0 aliphatic carbocycles. The molecule has 7 heteroatoms. The van der Waals surface area contributed by atoms with Gasteiger partial charge in [0.15, 0.2) is 0 Å². The Balaban J connectivity index is 1.27. The zero-order valence-electron chi connectivity index (χ0n) is 18.2. The van der Waals surface area contributed by atoms with Crippen molar-refractivity contribution in [2.45, 2.75) is 12.8 Å². The number of ether oxygens (including phenoxy) is 1. The van der Waals surface area contributed by atoms with Crippen LogP contribution in [0.2, 0.25) is 0 Å². The summed E-state index contributed by atoms with van der Waals surface area (Å²) in [5.41, 5.74) is 3.77. The largest absolute Gasteiger partial charge is 0.497 e. The second-order valence-corrected chi connectivity index (χ2v) is 7.44. The number of aryl methyl sites for hydroxylation is 1. The lowest BCUT2D eigenvalue weighted by atomic mass is 10.1. The van der Waals surface area contributed by atoms with Crippen molar-refractivity contribution in [1.29, 1.82) is 0 Å². The number of carbonyl (C=O) groups excluding carboxylic acids is 2. The van der Waals surface area contributed by atoms with Gasteiger partial charge < -0.3 is 15.4 Å². The molecule has 4 rings (SSSR count). The van der Waals surface area contributed by atoms with Crippen LogP contribution in [0.3, 0.4) is 0 Å². The van der Waals surface area contributed by atoms with Crippen LogP contribution in [0.25, 0.3) is 5.69 Å². The predicted octanol–water partition coefficient (Wildman–Crippen LogP) is 4.70. The summed E-state index contributed by atoms with van der Waals surface area (Å²) in [6.45, 7) is 0. The lowest BCUT2D eigenvalue weighted by Crippen LogP contribution is -2.14. The molecule has 33 heavy (non-hydrogen) atoms. The third kappa shape index (κ3) is 5.86. The van der Waals surface area contributed by atoms with E-state index >= 15 is 0 Å². The summed E-state index contributed by atoms with van der Waals surface area (Å²) in [6.07, 6.45) is 4.62. The smallest absolute Gasteiger partial charge is 0.255 e. The molecule has 0 spiro atoms. The van der Waals surface area contributed by atoms with Crippen LogP contribution in [0.4, 0.5) is 11.4 Å². The number of methoxy groups -OCH3 is 1. The first-order valence-electron chi connectivity index (χ1n) is 10.5. The molecule has 4 aromatic rings. The van der Waals surface area contributed by atoms with Gasteiger partial charge in [-0.25, -0.2) is 4.68 Å². The molecule has 1 heterocycles. The Morgan fingerprint density at radius 2 is 1.55 bits per heavy atom. The van der Waals surface area contributed by atoms with E-state index in [4.69, 9.17) is 4.74 Å². The minimum Gasteiger partial charge on any atom is -0.497 e. The average Bonchev–Trinajstić information content (AvgIpc) is 3.33. The number of hydrogen-bond acceptors (Lipinski definition) is 4. The number of rotatable bonds is 8. The Labute approximate surface area is 192 Å². The fourth-order valence-corrected chi connectivity index (χ4v) is 3.28. The van der Waals surface area contributed by atoms with Crippen molar-refractivity contribution in [1.82, 2.24) is 9.78 Å². The van der Waals surface area contributed by atoms with E-state index in [1.165, 1.54) is 0 Å². The van der Waals surface area contributed by atoms with E-state index in [-0.39, 0.29) is 11.8 Å². The molecule has 0 bridgehead atoms. The maximum atomic E-state index is 12.4. The molecule has 2 amide bonds. The van der Waals surface area contributed by atoms with Crippen LogP contribution in [-0.2, 0) is 11.2 Å². The van der Waals surface area contributed by atoms with Crippen LogP contribution in [0.5, 0.6) is 5.75 Å². The SMILES string of the molecule is COc1ccc(NC(=O)c2ccc(NC(=O)CCc3cnn(-c4ccccc4)c3)cc2)cc1. The van der Waals surface area contributed by atoms with Crippen LogP contribution >= 0.6 is 0 Å².